The molecule has 3 unspecified atom stereocenters. The fraction of sp³-hybridized carbons (Fsp3) is 0.538. The van der Waals surface area contributed by atoms with Gasteiger partial charge in [-0.15, -0.1) is 0 Å². The molecule has 0 spiro atoms. The van der Waals surface area contributed by atoms with E-state index in [1.807, 2.05) is 6.26 Å². The van der Waals surface area contributed by atoms with Crippen LogP contribution in [0.4, 0.5) is 0 Å². The van der Waals surface area contributed by atoms with Crippen molar-refractivity contribution in [1.82, 2.24) is 5.32 Å². The van der Waals surface area contributed by atoms with Crippen LogP contribution in [0.5, 0.6) is 0 Å². The van der Waals surface area contributed by atoms with Crippen LogP contribution in [0.15, 0.2) is 24.3 Å². The summed E-state index contributed by atoms with van der Waals surface area (Å²) in [7, 11) is -0.753. The van der Waals surface area contributed by atoms with Crippen LogP contribution in [0, 0.1) is 0 Å². The highest BCUT2D eigenvalue weighted by atomic mass is 32.2. The molecule has 3 atom stereocenters. The maximum absolute atomic E-state index is 11.8. The first-order valence-corrected chi connectivity index (χ1v) is 7.49. The second-order valence-electron chi connectivity index (χ2n) is 4.31. The summed E-state index contributed by atoms with van der Waals surface area (Å²) in [4.78, 5) is 0. The summed E-state index contributed by atoms with van der Waals surface area (Å²) in [6.45, 7) is 3.03. The molecule has 2 rings (SSSR count). The Labute approximate surface area is 99.9 Å². The minimum absolute atomic E-state index is 0.259. The maximum Gasteiger partial charge on any atom is 0.0543 e. The molecule has 88 valence electrons. The molecular weight excluding hydrogens is 218 g/mol. The van der Waals surface area contributed by atoms with Crippen molar-refractivity contribution in [3.05, 3.63) is 35.4 Å². The van der Waals surface area contributed by atoms with Gasteiger partial charge in [0.2, 0.25) is 0 Å². The van der Waals surface area contributed by atoms with Crippen molar-refractivity contribution in [2.75, 3.05) is 12.8 Å². The van der Waals surface area contributed by atoms with Gasteiger partial charge >= 0.3 is 0 Å². The van der Waals surface area contributed by atoms with E-state index in [0.29, 0.717) is 0 Å². The number of hydrogen-bond acceptors (Lipinski definition) is 2. The predicted octanol–water partition coefficient (Wildman–Crippen LogP) is 2.03. The van der Waals surface area contributed by atoms with Gasteiger partial charge in [-0.2, -0.15) is 0 Å². The molecular formula is C13H19NOS. The first kappa shape index (κ1) is 11.8. The lowest BCUT2D eigenvalue weighted by Gasteiger charge is -2.32. The fourth-order valence-corrected chi connectivity index (χ4v) is 3.62. The molecule has 2 nitrogen and oxygen atoms in total. The quantitative estimate of drug-likeness (QED) is 0.871. The Morgan fingerprint density at radius 3 is 2.88 bits per heavy atom. The molecule has 16 heavy (non-hydrogen) atoms. The predicted molar refractivity (Wildman–Crippen MR) is 69.0 cm³/mol. The van der Waals surface area contributed by atoms with Gasteiger partial charge in [0.25, 0.3) is 0 Å². The third kappa shape index (κ3) is 2.20. The lowest BCUT2D eigenvalue weighted by atomic mass is 9.87. The summed E-state index contributed by atoms with van der Waals surface area (Å²) < 4.78 is 11.8. The van der Waals surface area contributed by atoms with Crippen molar-refractivity contribution >= 4 is 10.8 Å². The lowest BCUT2D eigenvalue weighted by molar-refractivity contribution is 0.475. The molecule has 0 saturated heterocycles. The minimum atomic E-state index is -0.753. The molecule has 1 aromatic carbocycles. The van der Waals surface area contributed by atoms with Crippen LogP contribution in [-0.2, 0) is 17.2 Å². The summed E-state index contributed by atoms with van der Waals surface area (Å²) in [6, 6.07) is 8.78. The van der Waals surface area contributed by atoms with E-state index in [0.717, 1.165) is 19.4 Å². The third-order valence-corrected chi connectivity index (χ3v) is 4.67. The minimum Gasteiger partial charge on any atom is -0.309 e. The van der Waals surface area contributed by atoms with Crippen LogP contribution in [0.1, 0.15) is 30.5 Å². The third-order valence-electron chi connectivity index (χ3n) is 3.31. The molecule has 0 heterocycles. The summed E-state index contributed by atoms with van der Waals surface area (Å²) in [5.41, 5.74) is 2.76. The molecule has 1 aromatic rings. The van der Waals surface area contributed by atoms with Crippen LogP contribution in [0.2, 0.25) is 0 Å². The van der Waals surface area contributed by atoms with Crippen molar-refractivity contribution in [3.8, 4) is 0 Å². The fourth-order valence-electron chi connectivity index (χ4n) is 2.55. The monoisotopic (exact) mass is 237 g/mol. The molecule has 0 aromatic heterocycles. The first-order chi connectivity index (χ1) is 7.74. The maximum atomic E-state index is 11.8. The molecule has 1 N–H and O–H groups in total. The highest BCUT2D eigenvalue weighted by Crippen LogP contribution is 2.32. The van der Waals surface area contributed by atoms with Crippen molar-refractivity contribution in [1.29, 1.82) is 0 Å². The normalized spacial score (nSPS) is 26.1. The van der Waals surface area contributed by atoms with Crippen LogP contribution < -0.4 is 5.32 Å². The second kappa shape index (κ2) is 5.11. The summed E-state index contributed by atoms with van der Waals surface area (Å²) in [5, 5.41) is 3.74. The smallest absolute Gasteiger partial charge is 0.0543 e. The van der Waals surface area contributed by atoms with E-state index in [4.69, 9.17) is 0 Å². The van der Waals surface area contributed by atoms with E-state index in [-0.39, 0.29) is 11.3 Å². The Bertz CT molecular complexity index is 391. The van der Waals surface area contributed by atoms with Crippen molar-refractivity contribution in [2.45, 2.75) is 31.1 Å². The van der Waals surface area contributed by atoms with Crippen LogP contribution >= 0.6 is 0 Å². The molecule has 3 heteroatoms. The zero-order chi connectivity index (χ0) is 11.5. The van der Waals surface area contributed by atoms with Gasteiger partial charge in [-0.25, -0.2) is 0 Å². The van der Waals surface area contributed by atoms with E-state index < -0.39 is 10.8 Å². The zero-order valence-corrected chi connectivity index (χ0v) is 10.7. The Hall–Kier alpha value is -0.670. The summed E-state index contributed by atoms with van der Waals surface area (Å²) in [6.07, 6.45) is 3.91. The van der Waals surface area contributed by atoms with Crippen LogP contribution in [-0.4, -0.2) is 22.3 Å². The lowest BCUT2D eigenvalue weighted by Crippen LogP contribution is -2.38. The molecule has 1 aliphatic carbocycles. The second-order valence-corrected chi connectivity index (χ2v) is 5.91. The Morgan fingerprint density at radius 1 is 1.44 bits per heavy atom. The van der Waals surface area contributed by atoms with E-state index in [1.165, 1.54) is 11.1 Å². The van der Waals surface area contributed by atoms with Crippen molar-refractivity contribution in [2.24, 2.45) is 0 Å². The molecule has 0 radical (unpaired) electrons. The molecule has 0 bridgehead atoms. The van der Waals surface area contributed by atoms with Gasteiger partial charge in [-0.3, -0.25) is 4.21 Å². The number of nitrogens with one attached hydrogen (secondary N) is 1. The Morgan fingerprint density at radius 2 is 2.19 bits per heavy atom. The molecule has 0 saturated carbocycles. The van der Waals surface area contributed by atoms with Crippen molar-refractivity contribution < 1.29 is 4.21 Å². The van der Waals surface area contributed by atoms with E-state index in [1.54, 1.807) is 0 Å². The van der Waals surface area contributed by atoms with Gasteiger partial charge in [0.05, 0.1) is 5.25 Å². The van der Waals surface area contributed by atoms with Gasteiger partial charge in [0.1, 0.15) is 0 Å². The highest BCUT2D eigenvalue weighted by Gasteiger charge is 2.30. The number of aryl methyl sites for hydroxylation is 1. The van der Waals surface area contributed by atoms with Gasteiger partial charge in [-0.05, 0) is 30.5 Å². The Balaban J connectivity index is 2.35. The van der Waals surface area contributed by atoms with E-state index >= 15 is 0 Å². The number of hydrogen-bond donors (Lipinski definition) is 1. The average molecular weight is 237 g/mol. The highest BCUT2D eigenvalue weighted by molar-refractivity contribution is 7.84. The van der Waals surface area contributed by atoms with E-state index in [2.05, 4.69) is 36.5 Å². The van der Waals surface area contributed by atoms with Crippen LogP contribution in [0.25, 0.3) is 0 Å². The van der Waals surface area contributed by atoms with Gasteiger partial charge < -0.3 is 5.32 Å². The molecule has 0 fully saturated rings. The molecule has 0 amide bonds. The first-order valence-electron chi connectivity index (χ1n) is 5.87. The summed E-state index contributed by atoms with van der Waals surface area (Å²) in [5.74, 6) is 0. The number of benzene rings is 1. The van der Waals surface area contributed by atoms with Crippen molar-refractivity contribution in [3.63, 3.8) is 0 Å². The topological polar surface area (TPSA) is 29.1 Å². The largest absolute Gasteiger partial charge is 0.309 e. The number of fused-ring (bicyclic) bond motifs is 1. The summed E-state index contributed by atoms with van der Waals surface area (Å²) >= 11 is 0. The van der Waals surface area contributed by atoms with Crippen LogP contribution in [0.3, 0.4) is 0 Å². The van der Waals surface area contributed by atoms with Gasteiger partial charge in [0, 0.05) is 23.1 Å². The van der Waals surface area contributed by atoms with E-state index in [9.17, 15) is 4.21 Å². The molecule has 0 aliphatic heterocycles. The molecule has 1 aliphatic rings. The van der Waals surface area contributed by atoms with Gasteiger partial charge in [-0.1, -0.05) is 31.2 Å². The van der Waals surface area contributed by atoms with Gasteiger partial charge in [0.15, 0.2) is 0 Å². The Kier molecular flexibility index (Phi) is 3.77. The SMILES string of the molecule is CCNC1c2ccccc2CCC1S(C)=O. The standard InChI is InChI=1S/C13H19NOS/c1-3-14-13-11-7-5-4-6-10(11)8-9-12(13)16(2)15/h4-7,12-14H,3,8-9H2,1-2H3. The zero-order valence-electron chi connectivity index (χ0n) is 9.90. The number of rotatable bonds is 3. The average Bonchev–Trinajstić information content (AvgIpc) is 2.29.